The number of rotatable bonds is 5. The zero-order chi connectivity index (χ0) is 25.5. The minimum atomic E-state index is -0.662. The highest BCUT2D eigenvalue weighted by molar-refractivity contribution is 9.10. The Balaban J connectivity index is 1.50. The standard InChI is InChI=1S/C31H22BrNO4/c1-19-10-13-23(14-11-19)33-28(21-8-5-9-24(16-21)36-18-20-6-3-2-4-7-20)27-29(34)25-17-22(32)12-15-26(25)37-30(27)31(33)35/h2-17,28H,18H2,1H3. The van der Waals surface area contributed by atoms with Crippen molar-refractivity contribution in [3.8, 4) is 5.75 Å². The van der Waals surface area contributed by atoms with Crippen molar-refractivity contribution in [1.29, 1.82) is 0 Å². The fourth-order valence-corrected chi connectivity index (χ4v) is 5.11. The van der Waals surface area contributed by atoms with Crippen molar-refractivity contribution < 1.29 is 13.9 Å². The van der Waals surface area contributed by atoms with Gasteiger partial charge in [0.1, 0.15) is 17.9 Å². The van der Waals surface area contributed by atoms with Crippen molar-refractivity contribution in [2.24, 2.45) is 0 Å². The lowest BCUT2D eigenvalue weighted by atomic mass is 9.98. The Morgan fingerprint density at radius 1 is 0.892 bits per heavy atom. The van der Waals surface area contributed by atoms with E-state index in [0.29, 0.717) is 34.6 Å². The van der Waals surface area contributed by atoms with Crippen LogP contribution in [0.15, 0.2) is 111 Å². The minimum Gasteiger partial charge on any atom is -0.489 e. The summed E-state index contributed by atoms with van der Waals surface area (Å²) < 4.78 is 12.9. The fraction of sp³-hybridized carbons (Fsp3) is 0.0968. The lowest BCUT2D eigenvalue weighted by Gasteiger charge is -2.25. The van der Waals surface area contributed by atoms with Gasteiger partial charge in [-0.15, -0.1) is 0 Å². The summed E-state index contributed by atoms with van der Waals surface area (Å²) in [6.45, 7) is 2.40. The Labute approximate surface area is 222 Å². The molecule has 1 amide bonds. The second kappa shape index (κ2) is 9.37. The summed E-state index contributed by atoms with van der Waals surface area (Å²) in [5.41, 5.74) is 4.06. The number of anilines is 1. The molecular formula is C31H22BrNO4. The van der Waals surface area contributed by atoms with Gasteiger partial charge in [0.2, 0.25) is 5.76 Å². The first-order valence-corrected chi connectivity index (χ1v) is 12.7. The zero-order valence-corrected chi connectivity index (χ0v) is 21.6. The summed E-state index contributed by atoms with van der Waals surface area (Å²) in [5.74, 6) is 0.376. The third-order valence-electron chi connectivity index (χ3n) is 6.57. The Bertz CT molecular complexity index is 1690. The van der Waals surface area contributed by atoms with Crippen LogP contribution in [0.2, 0.25) is 0 Å². The van der Waals surface area contributed by atoms with Crippen LogP contribution >= 0.6 is 15.9 Å². The number of aryl methyl sites for hydroxylation is 1. The maximum absolute atomic E-state index is 13.8. The number of halogens is 1. The quantitative estimate of drug-likeness (QED) is 0.232. The molecule has 6 heteroatoms. The molecule has 2 heterocycles. The number of ether oxygens (including phenoxy) is 1. The van der Waals surface area contributed by atoms with E-state index in [1.807, 2.05) is 85.8 Å². The zero-order valence-electron chi connectivity index (χ0n) is 20.0. The second-order valence-corrected chi connectivity index (χ2v) is 9.99. The Kier molecular flexibility index (Phi) is 5.89. The molecule has 1 unspecified atom stereocenters. The van der Waals surface area contributed by atoms with Crippen molar-refractivity contribution in [3.05, 3.63) is 140 Å². The number of carbonyl (C=O) groups is 1. The molecular weight excluding hydrogens is 530 g/mol. The maximum Gasteiger partial charge on any atom is 0.295 e. The van der Waals surface area contributed by atoms with Gasteiger partial charge in [0.05, 0.1) is 17.0 Å². The molecule has 0 radical (unpaired) electrons. The molecule has 0 N–H and O–H groups in total. The van der Waals surface area contributed by atoms with Crippen LogP contribution in [0.5, 0.6) is 5.75 Å². The van der Waals surface area contributed by atoms with E-state index in [2.05, 4.69) is 15.9 Å². The molecule has 1 aliphatic rings. The van der Waals surface area contributed by atoms with Gasteiger partial charge in [-0.3, -0.25) is 14.5 Å². The monoisotopic (exact) mass is 551 g/mol. The van der Waals surface area contributed by atoms with Crippen molar-refractivity contribution >= 4 is 38.5 Å². The summed E-state index contributed by atoms with van der Waals surface area (Å²) >= 11 is 3.45. The molecule has 0 saturated carbocycles. The van der Waals surface area contributed by atoms with Gasteiger partial charge in [0.15, 0.2) is 5.43 Å². The average molecular weight is 552 g/mol. The molecule has 5 nitrogen and oxygen atoms in total. The summed E-state index contributed by atoms with van der Waals surface area (Å²) in [6, 6.07) is 29.7. The van der Waals surface area contributed by atoms with Crippen LogP contribution in [-0.4, -0.2) is 5.91 Å². The number of amides is 1. The van der Waals surface area contributed by atoms with Crippen molar-refractivity contribution in [2.75, 3.05) is 4.90 Å². The Hall–Kier alpha value is -4.16. The molecule has 0 spiro atoms. The van der Waals surface area contributed by atoms with Crippen molar-refractivity contribution in [3.63, 3.8) is 0 Å². The third-order valence-corrected chi connectivity index (χ3v) is 7.06. The van der Waals surface area contributed by atoms with Crippen LogP contribution in [0.3, 0.4) is 0 Å². The maximum atomic E-state index is 13.8. The number of benzene rings is 4. The highest BCUT2D eigenvalue weighted by atomic mass is 79.9. The fourth-order valence-electron chi connectivity index (χ4n) is 4.75. The molecule has 6 rings (SSSR count). The molecule has 1 atom stereocenters. The minimum absolute atomic E-state index is 0.0704. The molecule has 37 heavy (non-hydrogen) atoms. The summed E-state index contributed by atoms with van der Waals surface area (Å²) in [5, 5.41) is 0.424. The Morgan fingerprint density at radius 2 is 1.68 bits per heavy atom. The van der Waals surface area contributed by atoms with E-state index < -0.39 is 6.04 Å². The van der Waals surface area contributed by atoms with Gasteiger partial charge < -0.3 is 9.15 Å². The lowest BCUT2D eigenvalue weighted by Crippen LogP contribution is -2.29. The molecule has 1 aromatic heterocycles. The first-order valence-electron chi connectivity index (χ1n) is 11.9. The van der Waals surface area contributed by atoms with E-state index in [-0.39, 0.29) is 17.1 Å². The first kappa shape index (κ1) is 23.3. The predicted octanol–water partition coefficient (Wildman–Crippen LogP) is 7.19. The average Bonchev–Trinajstić information content (AvgIpc) is 3.21. The summed E-state index contributed by atoms with van der Waals surface area (Å²) in [4.78, 5) is 29.3. The van der Waals surface area contributed by atoms with Gasteiger partial charge in [0, 0.05) is 10.2 Å². The van der Waals surface area contributed by atoms with E-state index >= 15 is 0 Å². The smallest absolute Gasteiger partial charge is 0.295 e. The normalized spacial score (nSPS) is 14.7. The number of fused-ring (bicyclic) bond motifs is 2. The predicted molar refractivity (Wildman–Crippen MR) is 147 cm³/mol. The molecule has 0 saturated heterocycles. The van der Waals surface area contributed by atoms with Gasteiger partial charge in [-0.05, 0) is 60.5 Å². The lowest BCUT2D eigenvalue weighted by molar-refractivity contribution is 0.0971. The van der Waals surface area contributed by atoms with Gasteiger partial charge in [-0.25, -0.2) is 0 Å². The largest absolute Gasteiger partial charge is 0.489 e. The van der Waals surface area contributed by atoms with Crippen LogP contribution in [-0.2, 0) is 6.61 Å². The van der Waals surface area contributed by atoms with Gasteiger partial charge in [0.25, 0.3) is 5.91 Å². The van der Waals surface area contributed by atoms with Gasteiger partial charge in [-0.1, -0.05) is 76.1 Å². The molecule has 0 aliphatic carbocycles. The highest BCUT2D eigenvalue weighted by Gasteiger charge is 2.43. The Morgan fingerprint density at radius 3 is 2.46 bits per heavy atom. The topological polar surface area (TPSA) is 59.8 Å². The van der Waals surface area contributed by atoms with Gasteiger partial charge in [-0.2, -0.15) is 0 Å². The molecule has 182 valence electrons. The summed E-state index contributed by atoms with van der Waals surface area (Å²) in [7, 11) is 0. The molecule has 5 aromatic rings. The summed E-state index contributed by atoms with van der Waals surface area (Å²) in [6.07, 6.45) is 0. The molecule has 4 aromatic carbocycles. The van der Waals surface area contributed by atoms with Crippen LogP contribution in [0.1, 0.15) is 38.9 Å². The van der Waals surface area contributed by atoms with Crippen LogP contribution < -0.4 is 15.1 Å². The van der Waals surface area contributed by atoms with E-state index in [1.165, 1.54) is 0 Å². The molecule has 1 aliphatic heterocycles. The second-order valence-electron chi connectivity index (χ2n) is 9.07. The van der Waals surface area contributed by atoms with Crippen molar-refractivity contribution in [2.45, 2.75) is 19.6 Å². The number of carbonyl (C=O) groups excluding carboxylic acids is 1. The van der Waals surface area contributed by atoms with E-state index in [0.717, 1.165) is 21.2 Å². The van der Waals surface area contributed by atoms with E-state index in [4.69, 9.17) is 9.15 Å². The van der Waals surface area contributed by atoms with Crippen LogP contribution in [0.25, 0.3) is 11.0 Å². The number of hydrogen-bond donors (Lipinski definition) is 0. The van der Waals surface area contributed by atoms with E-state index in [9.17, 15) is 9.59 Å². The number of nitrogens with zero attached hydrogens (tertiary/aromatic N) is 1. The SMILES string of the molecule is Cc1ccc(N2C(=O)c3oc4ccc(Br)cc4c(=O)c3C2c2cccc(OCc3ccccc3)c2)cc1. The highest BCUT2D eigenvalue weighted by Crippen LogP contribution is 2.42. The van der Waals surface area contributed by atoms with Crippen LogP contribution in [0.4, 0.5) is 5.69 Å². The number of hydrogen-bond acceptors (Lipinski definition) is 4. The molecule has 0 fully saturated rings. The van der Waals surface area contributed by atoms with Crippen molar-refractivity contribution in [1.82, 2.24) is 0 Å². The van der Waals surface area contributed by atoms with Crippen LogP contribution in [0, 0.1) is 6.92 Å². The van der Waals surface area contributed by atoms with E-state index in [1.54, 1.807) is 23.1 Å². The van der Waals surface area contributed by atoms with Gasteiger partial charge >= 0.3 is 0 Å². The first-order chi connectivity index (χ1) is 18.0. The third kappa shape index (κ3) is 4.23. The molecule has 0 bridgehead atoms.